The molecule has 0 spiro atoms. The van der Waals surface area contributed by atoms with Crippen molar-refractivity contribution in [2.24, 2.45) is 0 Å². The summed E-state index contributed by atoms with van der Waals surface area (Å²) in [5.74, 6) is -0.832. The third-order valence-electron chi connectivity index (χ3n) is 1.24. The molecule has 0 saturated carbocycles. The van der Waals surface area contributed by atoms with Gasteiger partial charge in [0.1, 0.15) is 0 Å². The van der Waals surface area contributed by atoms with E-state index < -0.39 is 15.9 Å². The summed E-state index contributed by atoms with van der Waals surface area (Å²) in [4.78, 5) is 11.9. The summed E-state index contributed by atoms with van der Waals surface area (Å²) in [6, 6.07) is 0. The molecule has 0 saturated heterocycles. The first-order valence-electron chi connectivity index (χ1n) is 3.19. The van der Waals surface area contributed by atoms with Crippen LogP contribution in [0.5, 0.6) is 0 Å². The zero-order chi connectivity index (χ0) is 9.78. The summed E-state index contributed by atoms with van der Waals surface area (Å²) in [6.07, 6.45) is 1.07. The second-order valence-corrected chi connectivity index (χ2v) is 3.82. The molecule has 0 atom stereocenters. The predicted octanol–water partition coefficient (Wildman–Crippen LogP) is -1.13. The van der Waals surface area contributed by atoms with Crippen LogP contribution in [-0.4, -0.2) is 72.7 Å². The molecular weight excluding hydrogens is 205 g/mol. The van der Waals surface area contributed by atoms with E-state index in [0.29, 0.717) is 0 Å². The Bertz CT molecular complexity index is 274. The first kappa shape index (κ1) is 15.6. The van der Waals surface area contributed by atoms with Gasteiger partial charge >= 0.3 is 29.6 Å². The van der Waals surface area contributed by atoms with E-state index >= 15 is 0 Å². The number of carbonyl (C=O) groups excluding carboxylic acids is 1. The first-order chi connectivity index (χ1) is 5.37. The van der Waals surface area contributed by atoms with E-state index in [0.717, 1.165) is 11.0 Å². The van der Waals surface area contributed by atoms with Gasteiger partial charge in [-0.05, 0) is 6.08 Å². The Labute approximate surface area is 99.8 Å². The van der Waals surface area contributed by atoms with Gasteiger partial charge in [-0.3, -0.25) is 9.35 Å². The summed E-state index contributed by atoms with van der Waals surface area (Å²) in [5, 5.41) is 0. The molecule has 1 N–H and O–H groups in total. The molecule has 0 aromatic carbocycles. The molecule has 72 valence electrons. The third kappa shape index (κ3) is 8.45. The standard InChI is InChI=1S/C6H11NO4S.Na.H/c1-3-6(8)7(2)4-5-12(9,10)11;;/h3H,1,4-5H2,2H3,(H,9,10,11);;. The molecule has 0 unspecified atom stereocenters. The predicted molar refractivity (Wildman–Crippen MR) is 51.4 cm³/mol. The second-order valence-electron chi connectivity index (χ2n) is 2.25. The van der Waals surface area contributed by atoms with Crippen LogP contribution in [0.3, 0.4) is 0 Å². The Morgan fingerprint density at radius 1 is 1.62 bits per heavy atom. The van der Waals surface area contributed by atoms with Gasteiger partial charge in [0.25, 0.3) is 10.1 Å². The van der Waals surface area contributed by atoms with Crippen molar-refractivity contribution in [3.63, 3.8) is 0 Å². The number of likely N-dealkylation sites (N-methyl/N-ethyl adjacent to an activating group) is 1. The van der Waals surface area contributed by atoms with Gasteiger partial charge in [0, 0.05) is 13.6 Å². The molecular formula is C6H12NNaO4S. The van der Waals surface area contributed by atoms with Crippen molar-refractivity contribution in [2.75, 3.05) is 19.3 Å². The van der Waals surface area contributed by atoms with E-state index in [9.17, 15) is 13.2 Å². The average molecular weight is 217 g/mol. The number of carbonyl (C=O) groups is 1. The topological polar surface area (TPSA) is 74.7 Å². The minimum atomic E-state index is -3.99. The molecule has 0 rings (SSSR count). The van der Waals surface area contributed by atoms with Gasteiger partial charge in [-0.15, -0.1) is 0 Å². The Morgan fingerprint density at radius 2 is 2.08 bits per heavy atom. The zero-order valence-corrected chi connectivity index (χ0v) is 7.54. The number of hydrogen-bond donors (Lipinski definition) is 1. The molecule has 0 aromatic heterocycles. The molecule has 0 bridgehead atoms. The van der Waals surface area contributed by atoms with Gasteiger partial charge in [-0.25, -0.2) is 0 Å². The summed E-state index contributed by atoms with van der Waals surface area (Å²) in [7, 11) is -2.56. The van der Waals surface area contributed by atoms with Gasteiger partial charge in [0.05, 0.1) is 5.75 Å². The monoisotopic (exact) mass is 217 g/mol. The molecule has 0 heterocycles. The van der Waals surface area contributed by atoms with Crippen LogP contribution in [-0.2, 0) is 14.9 Å². The van der Waals surface area contributed by atoms with Crippen molar-refractivity contribution in [3.8, 4) is 0 Å². The van der Waals surface area contributed by atoms with E-state index in [-0.39, 0.29) is 42.0 Å². The van der Waals surface area contributed by atoms with Crippen LogP contribution in [0, 0.1) is 0 Å². The van der Waals surface area contributed by atoms with Crippen molar-refractivity contribution in [3.05, 3.63) is 12.7 Å². The van der Waals surface area contributed by atoms with Crippen molar-refractivity contribution in [1.82, 2.24) is 4.90 Å². The molecule has 0 aliphatic heterocycles. The SMILES string of the molecule is C=CC(=O)N(C)CCS(=O)(=O)O.[NaH]. The molecule has 0 aliphatic rings. The third-order valence-corrected chi connectivity index (χ3v) is 1.93. The Hall–Kier alpha value is 0.120. The number of amides is 1. The maximum atomic E-state index is 10.8. The minimum absolute atomic E-state index is 0. The van der Waals surface area contributed by atoms with E-state index in [4.69, 9.17) is 4.55 Å². The Balaban J connectivity index is 0. The summed E-state index contributed by atoms with van der Waals surface area (Å²) in [5.41, 5.74) is 0. The van der Waals surface area contributed by atoms with Gasteiger partial charge in [-0.2, -0.15) is 8.42 Å². The van der Waals surface area contributed by atoms with E-state index in [1.807, 2.05) is 0 Å². The molecule has 1 amide bonds. The van der Waals surface area contributed by atoms with Gasteiger partial charge in [0.2, 0.25) is 5.91 Å². The van der Waals surface area contributed by atoms with Gasteiger partial charge in [-0.1, -0.05) is 6.58 Å². The quantitative estimate of drug-likeness (QED) is 0.367. The van der Waals surface area contributed by atoms with Crippen LogP contribution in [0.4, 0.5) is 0 Å². The molecule has 7 heteroatoms. The van der Waals surface area contributed by atoms with E-state index in [1.165, 1.54) is 7.05 Å². The summed E-state index contributed by atoms with van der Waals surface area (Å²) in [6.45, 7) is 3.18. The van der Waals surface area contributed by atoms with Crippen LogP contribution >= 0.6 is 0 Å². The summed E-state index contributed by atoms with van der Waals surface area (Å²) < 4.78 is 28.8. The van der Waals surface area contributed by atoms with Crippen LogP contribution in [0.15, 0.2) is 12.7 Å². The van der Waals surface area contributed by atoms with Crippen molar-refractivity contribution < 1.29 is 17.8 Å². The van der Waals surface area contributed by atoms with Crippen LogP contribution < -0.4 is 0 Å². The van der Waals surface area contributed by atoms with Gasteiger partial charge in [0.15, 0.2) is 0 Å². The second kappa shape index (κ2) is 6.56. The first-order valence-corrected chi connectivity index (χ1v) is 4.80. The average Bonchev–Trinajstić information content (AvgIpc) is 1.97. The van der Waals surface area contributed by atoms with Crippen molar-refractivity contribution >= 4 is 45.6 Å². The molecule has 0 fully saturated rings. The Morgan fingerprint density at radius 3 is 2.38 bits per heavy atom. The van der Waals surface area contributed by atoms with Crippen molar-refractivity contribution in [2.45, 2.75) is 0 Å². The molecule has 0 aromatic rings. The molecule has 13 heavy (non-hydrogen) atoms. The maximum absolute atomic E-state index is 10.8. The Kier molecular flexibility index (Phi) is 7.86. The van der Waals surface area contributed by atoms with Gasteiger partial charge < -0.3 is 4.90 Å². The normalized spacial score (nSPS) is 10.0. The van der Waals surface area contributed by atoms with Crippen LogP contribution in [0.1, 0.15) is 0 Å². The van der Waals surface area contributed by atoms with Crippen LogP contribution in [0.25, 0.3) is 0 Å². The number of nitrogens with zero attached hydrogens (tertiary/aromatic N) is 1. The number of hydrogen-bond acceptors (Lipinski definition) is 3. The summed E-state index contributed by atoms with van der Waals surface area (Å²) >= 11 is 0. The van der Waals surface area contributed by atoms with Crippen LogP contribution in [0.2, 0.25) is 0 Å². The molecule has 0 aliphatic carbocycles. The van der Waals surface area contributed by atoms with E-state index in [1.54, 1.807) is 0 Å². The fourth-order valence-electron chi connectivity index (χ4n) is 0.518. The zero-order valence-electron chi connectivity index (χ0n) is 6.73. The number of rotatable bonds is 4. The molecule has 0 radical (unpaired) electrons. The fourth-order valence-corrected chi connectivity index (χ4v) is 1.02. The fraction of sp³-hybridized carbons (Fsp3) is 0.500. The molecule has 5 nitrogen and oxygen atoms in total. The van der Waals surface area contributed by atoms with E-state index in [2.05, 4.69) is 6.58 Å². The van der Waals surface area contributed by atoms with Crippen molar-refractivity contribution in [1.29, 1.82) is 0 Å².